The Morgan fingerprint density at radius 2 is 2.12 bits per heavy atom. The summed E-state index contributed by atoms with van der Waals surface area (Å²) in [5.74, 6) is 0.522. The molecule has 8 nitrogen and oxygen atoms in total. The number of ether oxygens (including phenoxy) is 2. The molecule has 2 aromatic rings. The van der Waals surface area contributed by atoms with Gasteiger partial charge in [-0.3, -0.25) is 4.79 Å². The van der Waals surface area contributed by atoms with E-state index >= 15 is 0 Å². The smallest absolute Gasteiger partial charge is 0.320 e. The van der Waals surface area contributed by atoms with Crippen molar-refractivity contribution in [2.24, 2.45) is 5.92 Å². The highest BCUT2D eigenvalue weighted by molar-refractivity contribution is 5.85. The second-order valence-corrected chi connectivity index (χ2v) is 7.27. The van der Waals surface area contributed by atoms with Gasteiger partial charge in [-0.05, 0) is 25.2 Å². The Labute approximate surface area is 151 Å². The number of nitrogens with zero attached hydrogens (tertiary/aromatic N) is 3. The molecule has 1 aliphatic carbocycles. The first-order valence-corrected chi connectivity index (χ1v) is 9.15. The number of rotatable bonds is 3. The number of aliphatic hydroxyl groups excluding tert-OH is 1. The second-order valence-electron chi connectivity index (χ2n) is 7.27. The van der Waals surface area contributed by atoms with Gasteiger partial charge in [-0.2, -0.15) is 9.97 Å². The van der Waals surface area contributed by atoms with E-state index in [2.05, 4.69) is 16.9 Å². The molecule has 0 aromatic carbocycles. The molecule has 1 aliphatic heterocycles. The van der Waals surface area contributed by atoms with Crippen molar-refractivity contribution in [3.05, 3.63) is 22.5 Å². The van der Waals surface area contributed by atoms with Gasteiger partial charge in [-0.25, -0.2) is 0 Å². The van der Waals surface area contributed by atoms with Gasteiger partial charge in [0.25, 0.3) is 0 Å². The van der Waals surface area contributed by atoms with Crippen LogP contribution in [0.1, 0.15) is 38.6 Å². The largest absolute Gasteiger partial charge is 0.460 e. The number of anilines is 1. The molecule has 8 heteroatoms. The van der Waals surface area contributed by atoms with E-state index in [9.17, 15) is 9.90 Å². The summed E-state index contributed by atoms with van der Waals surface area (Å²) in [4.78, 5) is 21.0. The lowest BCUT2D eigenvalue weighted by molar-refractivity contribution is 0.0926. The third-order valence-corrected chi connectivity index (χ3v) is 5.44. The van der Waals surface area contributed by atoms with Gasteiger partial charge in [-0.1, -0.05) is 13.3 Å². The topological polar surface area (TPSA) is 112 Å². The van der Waals surface area contributed by atoms with Crippen molar-refractivity contribution in [3.8, 4) is 6.01 Å². The molecule has 0 unspecified atom stereocenters. The normalized spacial score (nSPS) is 29.2. The van der Waals surface area contributed by atoms with Crippen molar-refractivity contribution >= 4 is 16.9 Å². The summed E-state index contributed by atoms with van der Waals surface area (Å²) < 4.78 is 13.1. The van der Waals surface area contributed by atoms with Gasteiger partial charge < -0.3 is 24.9 Å². The zero-order valence-electron chi connectivity index (χ0n) is 14.8. The Morgan fingerprint density at radius 1 is 1.31 bits per heavy atom. The van der Waals surface area contributed by atoms with Crippen LogP contribution >= 0.6 is 0 Å². The number of hydrogen-bond donors (Lipinski definition) is 2. The number of nitrogens with two attached hydrogens (primary N) is 1. The van der Waals surface area contributed by atoms with E-state index in [4.69, 9.17) is 15.2 Å². The highest BCUT2D eigenvalue weighted by atomic mass is 16.5. The Kier molecular flexibility index (Phi) is 4.54. The van der Waals surface area contributed by atoms with Crippen molar-refractivity contribution < 1.29 is 14.6 Å². The summed E-state index contributed by atoms with van der Waals surface area (Å²) in [6, 6.07) is 1.27. The number of nitrogen functional groups attached to an aromatic ring is 1. The molecule has 0 amide bonds. The molecule has 2 aliphatic rings. The predicted octanol–water partition coefficient (Wildman–Crippen LogP) is 1.26. The Bertz CT molecular complexity index is 868. The fraction of sp³-hybridized carbons (Fsp3) is 0.611. The quantitative estimate of drug-likeness (QED) is 0.847. The summed E-state index contributed by atoms with van der Waals surface area (Å²) in [5, 5.41) is 10.4. The molecule has 2 fully saturated rings. The fourth-order valence-electron chi connectivity index (χ4n) is 3.88. The van der Waals surface area contributed by atoms with E-state index in [-0.39, 0.29) is 41.4 Å². The summed E-state index contributed by atoms with van der Waals surface area (Å²) in [5.41, 5.74) is 6.18. The molecule has 2 aromatic heterocycles. The zero-order chi connectivity index (χ0) is 18.3. The number of aromatic nitrogens is 3. The van der Waals surface area contributed by atoms with Crippen molar-refractivity contribution in [1.29, 1.82) is 0 Å². The lowest BCUT2D eigenvalue weighted by atomic mass is 9.88. The van der Waals surface area contributed by atoms with Gasteiger partial charge in [0.15, 0.2) is 11.1 Å². The van der Waals surface area contributed by atoms with Gasteiger partial charge in [0, 0.05) is 12.3 Å². The van der Waals surface area contributed by atoms with Gasteiger partial charge in [-0.15, -0.1) is 0 Å². The van der Waals surface area contributed by atoms with Crippen LogP contribution in [-0.2, 0) is 4.74 Å². The third-order valence-electron chi connectivity index (χ3n) is 5.44. The first kappa shape index (κ1) is 17.2. The zero-order valence-corrected chi connectivity index (χ0v) is 14.8. The van der Waals surface area contributed by atoms with E-state index in [0.717, 1.165) is 19.3 Å². The van der Waals surface area contributed by atoms with Crippen LogP contribution in [0.5, 0.6) is 6.01 Å². The van der Waals surface area contributed by atoms with Crippen LogP contribution in [0.2, 0.25) is 0 Å². The SMILES string of the molecule is C[C@H]1CCCC[C@H]1Oc1nc(N)c2c(=O)ccn([C@@H]3COC[C@H]3O)c2n1. The van der Waals surface area contributed by atoms with Crippen LogP contribution in [0.25, 0.3) is 11.0 Å². The van der Waals surface area contributed by atoms with Crippen LogP contribution < -0.4 is 15.9 Å². The number of pyridine rings is 1. The molecular formula is C18H24N4O4. The van der Waals surface area contributed by atoms with E-state index in [0.29, 0.717) is 18.2 Å². The van der Waals surface area contributed by atoms with Crippen molar-refractivity contribution in [3.63, 3.8) is 0 Å². The number of hydrogen-bond acceptors (Lipinski definition) is 7. The Balaban J connectivity index is 1.77. The minimum atomic E-state index is -0.667. The van der Waals surface area contributed by atoms with Gasteiger partial charge in [0.1, 0.15) is 23.4 Å². The molecule has 1 saturated heterocycles. The number of aliphatic hydroxyl groups is 1. The first-order chi connectivity index (χ1) is 12.5. The molecule has 3 N–H and O–H groups in total. The summed E-state index contributed by atoms with van der Waals surface area (Å²) in [6.45, 7) is 2.76. The third kappa shape index (κ3) is 3.03. The molecule has 0 spiro atoms. The van der Waals surface area contributed by atoms with Crippen molar-refractivity contribution in [2.75, 3.05) is 18.9 Å². The first-order valence-electron chi connectivity index (χ1n) is 9.15. The Morgan fingerprint density at radius 3 is 2.85 bits per heavy atom. The Hall–Kier alpha value is -2.19. The average molecular weight is 360 g/mol. The molecule has 26 heavy (non-hydrogen) atoms. The van der Waals surface area contributed by atoms with Crippen LogP contribution in [-0.4, -0.2) is 45.1 Å². The van der Waals surface area contributed by atoms with E-state index in [1.54, 1.807) is 10.8 Å². The van der Waals surface area contributed by atoms with E-state index in [1.807, 2.05) is 0 Å². The molecule has 1 saturated carbocycles. The van der Waals surface area contributed by atoms with E-state index in [1.165, 1.54) is 12.5 Å². The maximum Gasteiger partial charge on any atom is 0.320 e. The maximum absolute atomic E-state index is 12.3. The predicted molar refractivity (Wildman–Crippen MR) is 96.1 cm³/mol. The standard InChI is InChI=1S/C18H24N4O4/c1-10-4-2-3-5-14(10)26-18-20-16(19)15-12(23)6-7-22(17(15)21-18)11-8-25-9-13(11)24/h6-7,10-11,13-14,24H,2-5,8-9H2,1H3,(H2,19,20,21)/t10-,11+,13+,14+/m0/s1. The van der Waals surface area contributed by atoms with Gasteiger partial charge in [0.2, 0.25) is 0 Å². The molecule has 0 radical (unpaired) electrons. The fourth-order valence-corrected chi connectivity index (χ4v) is 3.88. The molecule has 4 atom stereocenters. The number of fused-ring (bicyclic) bond motifs is 1. The van der Waals surface area contributed by atoms with Gasteiger partial charge in [0.05, 0.1) is 19.3 Å². The molecule has 4 rings (SSSR count). The summed E-state index contributed by atoms with van der Waals surface area (Å²) in [7, 11) is 0. The lowest BCUT2D eigenvalue weighted by Crippen LogP contribution is -2.29. The van der Waals surface area contributed by atoms with Crippen molar-refractivity contribution in [1.82, 2.24) is 14.5 Å². The molecular weight excluding hydrogens is 336 g/mol. The van der Waals surface area contributed by atoms with Crippen LogP contribution in [0.4, 0.5) is 5.82 Å². The molecule has 0 bridgehead atoms. The highest BCUT2D eigenvalue weighted by Crippen LogP contribution is 2.29. The monoisotopic (exact) mass is 360 g/mol. The van der Waals surface area contributed by atoms with E-state index < -0.39 is 6.10 Å². The summed E-state index contributed by atoms with van der Waals surface area (Å²) >= 11 is 0. The van der Waals surface area contributed by atoms with Crippen LogP contribution in [0.15, 0.2) is 17.1 Å². The van der Waals surface area contributed by atoms with Crippen LogP contribution in [0.3, 0.4) is 0 Å². The second kappa shape index (κ2) is 6.85. The summed E-state index contributed by atoms with van der Waals surface area (Å²) in [6.07, 6.45) is 5.40. The minimum Gasteiger partial charge on any atom is -0.460 e. The van der Waals surface area contributed by atoms with Crippen LogP contribution in [0, 0.1) is 5.92 Å². The molecule has 3 heterocycles. The molecule has 140 valence electrons. The lowest BCUT2D eigenvalue weighted by Gasteiger charge is -2.28. The minimum absolute atomic E-state index is 0.0462. The van der Waals surface area contributed by atoms with Gasteiger partial charge >= 0.3 is 6.01 Å². The maximum atomic E-state index is 12.3. The van der Waals surface area contributed by atoms with Crippen molar-refractivity contribution in [2.45, 2.75) is 50.9 Å². The highest BCUT2D eigenvalue weighted by Gasteiger charge is 2.30. The average Bonchev–Trinajstić information content (AvgIpc) is 3.03.